The van der Waals surface area contributed by atoms with Crippen molar-refractivity contribution in [2.75, 3.05) is 17.6 Å². The number of anilines is 2. The molecule has 1 fully saturated rings. The zero-order chi connectivity index (χ0) is 13.8. The van der Waals surface area contributed by atoms with Crippen molar-refractivity contribution in [2.45, 2.75) is 31.8 Å². The van der Waals surface area contributed by atoms with Crippen molar-refractivity contribution in [3.8, 4) is 0 Å². The van der Waals surface area contributed by atoms with E-state index in [0.29, 0.717) is 17.2 Å². The Morgan fingerprint density at radius 1 is 1.42 bits per heavy atom. The Morgan fingerprint density at radius 3 is 2.89 bits per heavy atom. The minimum atomic E-state index is -0.462. The van der Waals surface area contributed by atoms with Crippen LogP contribution in [0.4, 0.5) is 11.4 Å². The molecular formula is C14H21N3O2. The molecule has 0 saturated heterocycles. The molecule has 0 heterocycles. The van der Waals surface area contributed by atoms with Gasteiger partial charge in [-0.05, 0) is 43.4 Å². The van der Waals surface area contributed by atoms with E-state index in [-0.39, 0.29) is 6.10 Å². The van der Waals surface area contributed by atoms with Crippen LogP contribution in [0.15, 0.2) is 18.2 Å². The first-order chi connectivity index (χ1) is 9.06. The molecule has 0 spiro atoms. The Morgan fingerprint density at radius 2 is 2.21 bits per heavy atom. The van der Waals surface area contributed by atoms with Gasteiger partial charge in [-0.2, -0.15) is 0 Å². The maximum absolute atomic E-state index is 11.1. The number of carbonyl (C=O) groups excluding carboxylic acids is 1. The smallest absolute Gasteiger partial charge is 0.248 e. The highest BCUT2D eigenvalue weighted by atomic mass is 16.3. The predicted molar refractivity (Wildman–Crippen MR) is 75.8 cm³/mol. The third kappa shape index (κ3) is 3.61. The van der Waals surface area contributed by atoms with Gasteiger partial charge in [0.1, 0.15) is 0 Å². The van der Waals surface area contributed by atoms with Crippen LogP contribution in [0.2, 0.25) is 0 Å². The van der Waals surface area contributed by atoms with Gasteiger partial charge in [0, 0.05) is 12.1 Å². The fourth-order valence-corrected chi connectivity index (χ4v) is 2.56. The van der Waals surface area contributed by atoms with Crippen molar-refractivity contribution in [3.63, 3.8) is 0 Å². The standard InChI is InChI=1S/C14H21N3O2/c15-12-5-4-10(14(16)19)7-13(12)17-8-9-2-1-3-11(18)6-9/h4-5,7,9,11,17-18H,1-3,6,8,15H2,(H2,16,19). The Hall–Kier alpha value is -1.75. The van der Waals surface area contributed by atoms with E-state index in [0.717, 1.165) is 37.9 Å². The van der Waals surface area contributed by atoms with Crippen LogP contribution in [0.25, 0.3) is 0 Å². The van der Waals surface area contributed by atoms with Gasteiger partial charge in [-0.1, -0.05) is 6.42 Å². The first-order valence-electron chi connectivity index (χ1n) is 6.67. The van der Waals surface area contributed by atoms with E-state index in [4.69, 9.17) is 11.5 Å². The van der Waals surface area contributed by atoms with E-state index < -0.39 is 5.91 Å². The molecule has 104 valence electrons. The van der Waals surface area contributed by atoms with Crippen LogP contribution in [-0.2, 0) is 0 Å². The van der Waals surface area contributed by atoms with Crippen LogP contribution in [0.3, 0.4) is 0 Å². The molecule has 0 aliphatic heterocycles. The van der Waals surface area contributed by atoms with Crippen molar-refractivity contribution < 1.29 is 9.90 Å². The molecular weight excluding hydrogens is 242 g/mol. The Balaban J connectivity index is 1.98. The van der Waals surface area contributed by atoms with Gasteiger partial charge >= 0.3 is 0 Å². The Labute approximate surface area is 113 Å². The number of nitrogens with one attached hydrogen (secondary N) is 1. The minimum Gasteiger partial charge on any atom is -0.397 e. The summed E-state index contributed by atoms with van der Waals surface area (Å²) in [6.45, 7) is 0.753. The van der Waals surface area contributed by atoms with Crippen LogP contribution >= 0.6 is 0 Å². The third-order valence-electron chi connectivity index (χ3n) is 3.67. The molecule has 5 heteroatoms. The van der Waals surface area contributed by atoms with E-state index in [9.17, 15) is 9.90 Å². The number of nitrogens with two attached hydrogens (primary N) is 2. The van der Waals surface area contributed by atoms with E-state index >= 15 is 0 Å². The number of benzene rings is 1. The number of nitrogen functional groups attached to an aromatic ring is 1. The summed E-state index contributed by atoms with van der Waals surface area (Å²) in [5, 5.41) is 12.9. The Bertz CT molecular complexity index is 462. The monoisotopic (exact) mass is 263 g/mol. The number of carbonyl (C=O) groups is 1. The summed E-state index contributed by atoms with van der Waals surface area (Å²) in [6, 6.07) is 4.97. The lowest BCUT2D eigenvalue weighted by Crippen LogP contribution is -2.25. The van der Waals surface area contributed by atoms with Crippen LogP contribution < -0.4 is 16.8 Å². The second kappa shape index (κ2) is 5.93. The normalized spacial score (nSPS) is 23.0. The molecule has 1 aliphatic rings. The average Bonchev–Trinajstić information content (AvgIpc) is 2.37. The second-order valence-corrected chi connectivity index (χ2v) is 5.23. The molecule has 2 atom stereocenters. The van der Waals surface area contributed by atoms with Gasteiger partial charge in [0.25, 0.3) is 0 Å². The fourth-order valence-electron chi connectivity index (χ4n) is 2.56. The number of aliphatic hydroxyl groups is 1. The molecule has 1 aromatic rings. The molecule has 6 N–H and O–H groups in total. The van der Waals surface area contributed by atoms with E-state index in [1.807, 2.05) is 0 Å². The first-order valence-corrected chi connectivity index (χ1v) is 6.67. The maximum Gasteiger partial charge on any atom is 0.248 e. The van der Waals surface area contributed by atoms with Crippen molar-refractivity contribution in [2.24, 2.45) is 11.7 Å². The van der Waals surface area contributed by atoms with Gasteiger partial charge in [-0.25, -0.2) is 0 Å². The molecule has 5 nitrogen and oxygen atoms in total. The third-order valence-corrected chi connectivity index (χ3v) is 3.67. The molecule has 0 radical (unpaired) electrons. The molecule has 0 aromatic heterocycles. The lowest BCUT2D eigenvalue weighted by molar-refractivity contribution is 0.1000. The van der Waals surface area contributed by atoms with Gasteiger partial charge in [0.15, 0.2) is 0 Å². The molecule has 0 bridgehead atoms. The van der Waals surface area contributed by atoms with Crippen molar-refractivity contribution in [1.82, 2.24) is 0 Å². The predicted octanol–water partition coefficient (Wildman–Crippen LogP) is 1.33. The van der Waals surface area contributed by atoms with Crippen LogP contribution in [-0.4, -0.2) is 23.7 Å². The number of primary amides is 1. The lowest BCUT2D eigenvalue weighted by atomic mass is 9.87. The zero-order valence-corrected chi connectivity index (χ0v) is 10.9. The van der Waals surface area contributed by atoms with E-state index in [1.165, 1.54) is 0 Å². The second-order valence-electron chi connectivity index (χ2n) is 5.23. The van der Waals surface area contributed by atoms with Gasteiger partial charge in [-0.3, -0.25) is 4.79 Å². The largest absolute Gasteiger partial charge is 0.397 e. The van der Waals surface area contributed by atoms with Gasteiger partial charge in [0.2, 0.25) is 5.91 Å². The fraction of sp³-hybridized carbons (Fsp3) is 0.500. The topological polar surface area (TPSA) is 101 Å². The number of rotatable bonds is 4. The highest BCUT2D eigenvalue weighted by Crippen LogP contribution is 2.26. The molecule has 1 aromatic carbocycles. The summed E-state index contributed by atoms with van der Waals surface area (Å²) < 4.78 is 0. The van der Waals surface area contributed by atoms with Gasteiger partial charge < -0.3 is 21.9 Å². The quantitative estimate of drug-likeness (QED) is 0.615. The van der Waals surface area contributed by atoms with Gasteiger partial charge in [0.05, 0.1) is 17.5 Å². The summed E-state index contributed by atoms with van der Waals surface area (Å²) in [4.78, 5) is 11.1. The molecule has 19 heavy (non-hydrogen) atoms. The zero-order valence-electron chi connectivity index (χ0n) is 10.9. The molecule has 2 unspecified atom stereocenters. The summed E-state index contributed by atoms with van der Waals surface area (Å²) in [5.74, 6) is -0.0171. The summed E-state index contributed by atoms with van der Waals surface area (Å²) in [7, 11) is 0. The maximum atomic E-state index is 11.1. The van der Waals surface area contributed by atoms with Crippen molar-refractivity contribution in [1.29, 1.82) is 0 Å². The van der Waals surface area contributed by atoms with Crippen LogP contribution in [0.1, 0.15) is 36.0 Å². The average molecular weight is 263 g/mol. The number of amides is 1. The van der Waals surface area contributed by atoms with Crippen molar-refractivity contribution in [3.05, 3.63) is 23.8 Å². The van der Waals surface area contributed by atoms with Crippen LogP contribution in [0.5, 0.6) is 0 Å². The van der Waals surface area contributed by atoms with Crippen molar-refractivity contribution >= 4 is 17.3 Å². The van der Waals surface area contributed by atoms with Crippen LogP contribution in [0, 0.1) is 5.92 Å². The molecule has 1 saturated carbocycles. The van der Waals surface area contributed by atoms with E-state index in [2.05, 4.69) is 5.32 Å². The number of hydrogen-bond donors (Lipinski definition) is 4. The number of hydrogen-bond acceptors (Lipinski definition) is 4. The summed E-state index contributed by atoms with van der Waals surface area (Å²) in [6.07, 6.45) is 3.71. The summed E-state index contributed by atoms with van der Waals surface area (Å²) >= 11 is 0. The molecule has 1 amide bonds. The van der Waals surface area contributed by atoms with E-state index in [1.54, 1.807) is 18.2 Å². The highest BCUT2D eigenvalue weighted by Gasteiger charge is 2.20. The molecule has 2 rings (SSSR count). The first kappa shape index (κ1) is 13.7. The Kier molecular flexibility index (Phi) is 4.27. The molecule has 1 aliphatic carbocycles. The summed E-state index contributed by atoms with van der Waals surface area (Å²) in [5.41, 5.74) is 12.9. The highest BCUT2D eigenvalue weighted by molar-refractivity contribution is 5.94. The lowest BCUT2D eigenvalue weighted by Gasteiger charge is -2.26. The number of aliphatic hydroxyl groups excluding tert-OH is 1. The SMILES string of the molecule is NC(=O)c1ccc(N)c(NCC2CCCC(O)C2)c1. The van der Waals surface area contributed by atoms with Gasteiger partial charge in [-0.15, -0.1) is 0 Å². The minimum absolute atomic E-state index is 0.185.